The first-order valence-corrected chi connectivity index (χ1v) is 7.84. The second-order valence-electron chi connectivity index (χ2n) is 6.31. The zero-order chi connectivity index (χ0) is 15.6. The molecule has 1 aromatic carbocycles. The maximum Gasteiger partial charge on any atom is 0.310 e. The van der Waals surface area contributed by atoms with E-state index in [-0.39, 0.29) is 11.8 Å². The van der Waals surface area contributed by atoms with E-state index in [4.69, 9.17) is 5.11 Å². The number of aryl methyl sites for hydroxylation is 1. The second-order valence-corrected chi connectivity index (χ2v) is 7.48. The average Bonchev–Trinajstić information content (AvgIpc) is 2.68. The normalized spacial score (nSPS) is 11.6. The Labute approximate surface area is 129 Å². The second kappa shape index (κ2) is 5.98. The molecule has 4 heteroatoms. The van der Waals surface area contributed by atoms with Crippen molar-refractivity contribution in [2.45, 2.75) is 46.0 Å². The molecule has 1 aromatic heterocycles. The van der Waals surface area contributed by atoms with Gasteiger partial charge >= 0.3 is 5.97 Å². The zero-order valence-corrected chi connectivity index (χ0v) is 13.8. The van der Waals surface area contributed by atoms with Gasteiger partial charge in [-0.1, -0.05) is 45.0 Å². The van der Waals surface area contributed by atoms with Crippen LogP contribution in [0.2, 0.25) is 0 Å². The molecule has 0 radical (unpaired) electrons. The molecule has 0 aliphatic carbocycles. The van der Waals surface area contributed by atoms with Crippen molar-refractivity contribution in [3.05, 3.63) is 51.0 Å². The molecule has 2 rings (SSSR count). The minimum atomic E-state index is -0.829. The van der Waals surface area contributed by atoms with Crippen LogP contribution in [0.1, 0.15) is 47.5 Å². The third kappa shape index (κ3) is 4.14. The predicted octanol–water partition coefficient (Wildman–Crippen LogP) is 3.97. The molecule has 0 spiro atoms. The maximum absolute atomic E-state index is 10.7. The highest BCUT2D eigenvalue weighted by Gasteiger charge is 2.14. The molecule has 0 saturated heterocycles. The molecule has 1 N–H and O–H groups in total. The zero-order valence-electron chi connectivity index (χ0n) is 12.9. The van der Waals surface area contributed by atoms with Crippen LogP contribution in [0.15, 0.2) is 24.3 Å². The average molecular weight is 303 g/mol. The summed E-state index contributed by atoms with van der Waals surface area (Å²) >= 11 is 1.50. The van der Waals surface area contributed by atoms with Crippen LogP contribution in [0.4, 0.5) is 0 Å². The number of carboxylic acids is 1. The molecular weight excluding hydrogens is 282 g/mol. The highest BCUT2D eigenvalue weighted by molar-refractivity contribution is 7.11. The first kappa shape index (κ1) is 15.7. The summed E-state index contributed by atoms with van der Waals surface area (Å²) in [5.74, 6) is -0.829. The first-order chi connectivity index (χ1) is 9.75. The number of carbonyl (C=O) groups is 1. The summed E-state index contributed by atoms with van der Waals surface area (Å²) in [6, 6.07) is 8.64. The monoisotopic (exact) mass is 303 g/mol. The van der Waals surface area contributed by atoms with Crippen LogP contribution in [-0.4, -0.2) is 16.1 Å². The maximum atomic E-state index is 10.7. The number of rotatable bonds is 4. The van der Waals surface area contributed by atoms with E-state index in [1.165, 1.54) is 22.5 Å². The van der Waals surface area contributed by atoms with Gasteiger partial charge in [-0.2, -0.15) is 0 Å². The van der Waals surface area contributed by atoms with E-state index in [1.807, 2.05) is 6.92 Å². The summed E-state index contributed by atoms with van der Waals surface area (Å²) in [4.78, 5) is 16.2. The highest BCUT2D eigenvalue weighted by atomic mass is 32.1. The molecule has 21 heavy (non-hydrogen) atoms. The van der Waals surface area contributed by atoms with Gasteiger partial charge in [0.05, 0.1) is 12.1 Å². The molecule has 1 heterocycles. The van der Waals surface area contributed by atoms with Gasteiger partial charge in [-0.15, -0.1) is 11.3 Å². The van der Waals surface area contributed by atoms with E-state index in [9.17, 15) is 4.79 Å². The van der Waals surface area contributed by atoms with Gasteiger partial charge in [0, 0.05) is 11.3 Å². The van der Waals surface area contributed by atoms with E-state index in [1.54, 1.807) is 0 Å². The minimum Gasteiger partial charge on any atom is -0.481 e. The minimum absolute atomic E-state index is 0.00840. The fraction of sp³-hybridized carbons (Fsp3) is 0.412. The van der Waals surface area contributed by atoms with Gasteiger partial charge in [0.25, 0.3) is 0 Å². The SMILES string of the molecule is Cc1nc(CC(=O)O)sc1Cc1ccc(C(C)(C)C)cc1. The standard InChI is InChI=1S/C17H21NO2S/c1-11-14(21-15(18-11)10-16(19)20)9-12-5-7-13(8-6-12)17(2,3)4/h5-8H,9-10H2,1-4H3,(H,19,20). The summed E-state index contributed by atoms with van der Waals surface area (Å²) in [6.07, 6.45) is 0.821. The Hall–Kier alpha value is -1.68. The van der Waals surface area contributed by atoms with Crippen LogP contribution in [0.25, 0.3) is 0 Å². The van der Waals surface area contributed by atoms with Gasteiger partial charge in [-0.05, 0) is 23.5 Å². The number of nitrogens with zero attached hydrogens (tertiary/aromatic N) is 1. The van der Waals surface area contributed by atoms with Crippen LogP contribution in [0.5, 0.6) is 0 Å². The molecule has 0 amide bonds. The molecule has 112 valence electrons. The third-order valence-electron chi connectivity index (χ3n) is 3.42. The van der Waals surface area contributed by atoms with Crippen molar-refractivity contribution in [3.63, 3.8) is 0 Å². The Morgan fingerprint density at radius 1 is 1.24 bits per heavy atom. The molecule has 0 saturated carbocycles. The van der Waals surface area contributed by atoms with Crippen LogP contribution in [0.3, 0.4) is 0 Å². The van der Waals surface area contributed by atoms with E-state index < -0.39 is 5.97 Å². The van der Waals surface area contributed by atoms with Gasteiger partial charge in [0.2, 0.25) is 0 Å². The van der Waals surface area contributed by atoms with Crippen molar-refractivity contribution < 1.29 is 9.90 Å². The molecule has 0 aliphatic heterocycles. The first-order valence-electron chi connectivity index (χ1n) is 7.02. The van der Waals surface area contributed by atoms with Gasteiger partial charge in [0.1, 0.15) is 5.01 Å². The lowest BCUT2D eigenvalue weighted by Gasteiger charge is -2.19. The number of carboxylic acid groups (broad SMARTS) is 1. The summed E-state index contributed by atoms with van der Waals surface area (Å²) in [6.45, 7) is 8.55. The van der Waals surface area contributed by atoms with Crippen LogP contribution >= 0.6 is 11.3 Å². The summed E-state index contributed by atoms with van der Waals surface area (Å²) in [5, 5.41) is 9.51. The molecule has 0 unspecified atom stereocenters. The number of hydrogen-bond donors (Lipinski definition) is 1. The Morgan fingerprint density at radius 3 is 2.38 bits per heavy atom. The fourth-order valence-electron chi connectivity index (χ4n) is 2.17. The quantitative estimate of drug-likeness (QED) is 0.930. The smallest absolute Gasteiger partial charge is 0.310 e. The van der Waals surface area contributed by atoms with Gasteiger partial charge in [-0.25, -0.2) is 4.98 Å². The Bertz CT molecular complexity index is 636. The Balaban J connectivity index is 2.15. The fourth-order valence-corrected chi connectivity index (χ4v) is 3.26. The summed E-state index contributed by atoms with van der Waals surface area (Å²) in [7, 11) is 0. The van der Waals surface area contributed by atoms with E-state index in [0.29, 0.717) is 5.01 Å². The molecule has 2 aromatic rings. The number of thiazole rings is 1. The molecule has 0 atom stereocenters. The molecule has 3 nitrogen and oxygen atoms in total. The van der Waals surface area contributed by atoms with Crippen molar-refractivity contribution in [3.8, 4) is 0 Å². The third-order valence-corrected chi connectivity index (χ3v) is 4.58. The lowest BCUT2D eigenvalue weighted by atomic mass is 9.86. The van der Waals surface area contributed by atoms with E-state index in [2.05, 4.69) is 50.0 Å². The van der Waals surface area contributed by atoms with Crippen molar-refractivity contribution in [1.29, 1.82) is 0 Å². The number of aromatic nitrogens is 1. The van der Waals surface area contributed by atoms with Crippen LogP contribution in [0, 0.1) is 6.92 Å². The lowest BCUT2D eigenvalue weighted by Crippen LogP contribution is -2.10. The molecular formula is C17H21NO2S. The van der Waals surface area contributed by atoms with E-state index >= 15 is 0 Å². The van der Waals surface area contributed by atoms with Gasteiger partial charge in [0.15, 0.2) is 0 Å². The topological polar surface area (TPSA) is 50.2 Å². The van der Waals surface area contributed by atoms with Crippen LogP contribution in [-0.2, 0) is 23.1 Å². The van der Waals surface area contributed by atoms with Crippen molar-refractivity contribution >= 4 is 17.3 Å². The summed E-state index contributed by atoms with van der Waals surface area (Å²) < 4.78 is 0. The largest absolute Gasteiger partial charge is 0.481 e. The van der Waals surface area contributed by atoms with E-state index in [0.717, 1.165) is 17.0 Å². The van der Waals surface area contributed by atoms with Crippen molar-refractivity contribution in [1.82, 2.24) is 4.98 Å². The van der Waals surface area contributed by atoms with Crippen LogP contribution < -0.4 is 0 Å². The lowest BCUT2D eigenvalue weighted by molar-refractivity contribution is -0.136. The number of benzene rings is 1. The highest BCUT2D eigenvalue weighted by Crippen LogP contribution is 2.25. The predicted molar refractivity (Wildman–Crippen MR) is 86.1 cm³/mol. The molecule has 0 bridgehead atoms. The Morgan fingerprint density at radius 2 is 1.86 bits per heavy atom. The van der Waals surface area contributed by atoms with Gasteiger partial charge in [-0.3, -0.25) is 4.79 Å². The Kier molecular flexibility index (Phi) is 4.47. The van der Waals surface area contributed by atoms with Crippen molar-refractivity contribution in [2.75, 3.05) is 0 Å². The number of hydrogen-bond acceptors (Lipinski definition) is 3. The van der Waals surface area contributed by atoms with Gasteiger partial charge < -0.3 is 5.11 Å². The summed E-state index contributed by atoms with van der Waals surface area (Å²) in [5.41, 5.74) is 3.65. The van der Waals surface area contributed by atoms with Crippen molar-refractivity contribution in [2.24, 2.45) is 0 Å². The number of aliphatic carboxylic acids is 1. The molecule has 0 aliphatic rings. The molecule has 0 fully saturated rings.